The lowest BCUT2D eigenvalue weighted by Gasteiger charge is -2.11. The van der Waals surface area contributed by atoms with Crippen molar-refractivity contribution in [2.24, 2.45) is 0 Å². The number of benzene rings is 2. The predicted octanol–water partition coefficient (Wildman–Crippen LogP) is 3.43. The average Bonchev–Trinajstić information content (AvgIpc) is 2.42. The second kappa shape index (κ2) is 5.92. The molecule has 0 spiro atoms. The smallest absolute Gasteiger partial charge is 0.257 e. The number of hydrogen-bond acceptors (Lipinski definition) is 3. The third-order valence-electron chi connectivity index (χ3n) is 2.71. The van der Waals surface area contributed by atoms with Crippen LogP contribution >= 0.6 is 15.9 Å². The van der Waals surface area contributed by atoms with E-state index < -0.39 is 11.7 Å². The van der Waals surface area contributed by atoms with Crippen molar-refractivity contribution in [2.75, 3.05) is 18.2 Å². The fraction of sp³-hybridized carbons (Fsp3) is 0.0714. The van der Waals surface area contributed by atoms with Gasteiger partial charge in [-0.2, -0.15) is 0 Å². The molecule has 1 amide bonds. The molecule has 0 unspecified atom stereocenters. The van der Waals surface area contributed by atoms with Gasteiger partial charge in [-0.25, -0.2) is 4.39 Å². The third kappa shape index (κ3) is 2.91. The second-order valence-corrected chi connectivity index (χ2v) is 4.92. The van der Waals surface area contributed by atoms with Gasteiger partial charge in [-0.3, -0.25) is 4.79 Å². The van der Waals surface area contributed by atoms with Gasteiger partial charge in [0.15, 0.2) is 0 Å². The first-order valence-corrected chi connectivity index (χ1v) is 6.51. The van der Waals surface area contributed by atoms with Gasteiger partial charge in [-0.15, -0.1) is 0 Å². The minimum absolute atomic E-state index is 0.0837. The second-order valence-electron chi connectivity index (χ2n) is 4.00. The van der Waals surface area contributed by atoms with Gasteiger partial charge in [0.25, 0.3) is 5.91 Å². The summed E-state index contributed by atoms with van der Waals surface area (Å²) >= 11 is 3.15. The number of methoxy groups -OCH3 is 1. The van der Waals surface area contributed by atoms with Crippen LogP contribution in [0.15, 0.2) is 40.9 Å². The van der Waals surface area contributed by atoms with Gasteiger partial charge in [0.2, 0.25) is 0 Å². The van der Waals surface area contributed by atoms with Crippen molar-refractivity contribution in [3.63, 3.8) is 0 Å². The molecule has 0 aliphatic carbocycles. The minimum Gasteiger partial charge on any atom is -0.495 e. The molecule has 0 atom stereocenters. The summed E-state index contributed by atoms with van der Waals surface area (Å²) in [6, 6.07) is 9.20. The maximum Gasteiger partial charge on any atom is 0.257 e. The fourth-order valence-corrected chi connectivity index (χ4v) is 2.03. The molecule has 2 rings (SSSR count). The number of nitrogens with one attached hydrogen (secondary N) is 1. The van der Waals surface area contributed by atoms with Crippen molar-refractivity contribution in [1.82, 2.24) is 0 Å². The lowest BCUT2D eigenvalue weighted by molar-refractivity contribution is 0.102. The zero-order valence-corrected chi connectivity index (χ0v) is 12.2. The van der Waals surface area contributed by atoms with Crippen LogP contribution in [0.25, 0.3) is 0 Å². The van der Waals surface area contributed by atoms with Crippen LogP contribution in [0.2, 0.25) is 0 Å². The number of nitrogen functional groups attached to an aromatic ring is 1. The Labute approximate surface area is 123 Å². The van der Waals surface area contributed by atoms with Crippen molar-refractivity contribution in [1.29, 1.82) is 0 Å². The summed E-state index contributed by atoms with van der Waals surface area (Å²) in [7, 11) is 1.46. The molecule has 2 aromatic carbocycles. The average molecular weight is 339 g/mol. The molecule has 0 aliphatic rings. The molecule has 20 heavy (non-hydrogen) atoms. The molecule has 6 heteroatoms. The summed E-state index contributed by atoms with van der Waals surface area (Å²) in [6.07, 6.45) is 0. The quantitative estimate of drug-likeness (QED) is 0.842. The number of amides is 1. The Morgan fingerprint density at radius 2 is 2.10 bits per heavy atom. The molecule has 4 nitrogen and oxygen atoms in total. The molecule has 3 N–H and O–H groups in total. The van der Waals surface area contributed by atoms with E-state index in [1.54, 1.807) is 24.3 Å². The van der Waals surface area contributed by atoms with Crippen LogP contribution < -0.4 is 15.8 Å². The minimum atomic E-state index is -0.533. The molecule has 0 saturated heterocycles. The fourth-order valence-electron chi connectivity index (χ4n) is 1.70. The lowest BCUT2D eigenvalue weighted by Crippen LogP contribution is -2.15. The molecule has 0 heterocycles. The molecular formula is C14H12BrFN2O2. The maximum atomic E-state index is 13.7. The number of anilines is 2. The van der Waals surface area contributed by atoms with Gasteiger partial charge >= 0.3 is 0 Å². The Morgan fingerprint density at radius 3 is 2.75 bits per heavy atom. The van der Waals surface area contributed by atoms with E-state index in [1.807, 2.05) is 0 Å². The lowest BCUT2D eigenvalue weighted by atomic mass is 10.1. The topological polar surface area (TPSA) is 64.3 Å². The zero-order valence-electron chi connectivity index (χ0n) is 10.6. The van der Waals surface area contributed by atoms with Crippen LogP contribution in [0.5, 0.6) is 5.75 Å². The number of nitrogens with two attached hydrogens (primary N) is 1. The van der Waals surface area contributed by atoms with E-state index in [4.69, 9.17) is 10.5 Å². The highest BCUT2D eigenvalue weighted by Gasteiger charge is 2.14. The first-order chi connectivity index (χ1) is 9.52. The van der Waals surface area contributed by atoms with Gasteiger partial charge in [-0.1, -0.05) is 22.0 Å². The summed E-state index contributed by atoms with van der Waals surface area (Å²) in [5.74, 6) is -0.634. The molecule has 0 saturated carbocycles. The van der Waals surface area contributed by atoms with Gasteiger partial charge in [0.05, 0.1) is 24.0 Å². The van der Waals surface area contributed by atoms with Crippen LogP contribution in [0, 0.1) is 5.82 Å². The summed E-state index contributed by atoms with van der Waals surface area (Å²) in [6.45, 7) is 0. The van der Waals surface area contributed by atoms with E-state index in [0.29, 0.717) is 10.2 Å². The Bertz CT molecular complexity index is 662. The zero-order chi connectivity index (χ0) is 14.7. The Hall–Kier alpha value is -2.08. The molecule has 104 valence electrons. The number of carbonyl (C=O) groups is 1. The van der Waals surface area contributed by atoms with E-state index in [1.165, 1.54) is 19.2 Å². The van der Waals surface area contributed by atoms with Crippen LogP contribution in [0.4, 0.5) is 15.8 Å². The number of halogens is 2. The summed E-state index contributed by atoms with van der Waals surface area (Å²) in [4.78, 5) is 12.1. The SMILES string of the molecule is COc1cccc(C(=O)Nc2ccc(Br)cc2F)c1N. The van der Waals surface area contributed by atoms with Gasteiger partial charge in [0.1, 0.15) is 11.6 Å². The van der Waals surface area contributed by atoms with Crippen molar-refractivity contribution < 1.29 is 13.9 Å². The number of ether oxygens (including phenoxy) is 1. The number of para-hydroxylation sites is 1. The van der Waals surface area contributed by atoms with Gasteiger partial charge < -0.3 is 15.8 Å². The van der Waals surface area contributed by atoms with Crippen LogP contribution in [-0.2, 0) is 0 Å². The highest BCUT2D eigenvalue weighted by molar-refractivity contribution is 9.10. The van der Waals surface area contributed by atoms with Crippen molar-refractivity contribution >= 4 is 33.2 Å². The van der Waals surface area contributed by atoms with Crippen molar-refractivity contribution in [3.05, 3.63) is 52.3 Å². The van der Waals surface area contributed by atoms with Crippen LogP contribution in [0.3, 0.4) is 0 Å². The highest BCUT2D eigenvalue weighted by atomic mass is 79.9. The Balaban J connectivity index is 2.28. The van der Waals surface area contributed by atoms with Crippen molar-refractivity contribution in [3.8, 4) is 5.75 Å². The van der Waals surface area contributed by atoms with E-state index in [0.717, 1.165) is 0 Å². The van der Waals surface area contributed by atoms with Crippen LogP contribution in [0.1, 0.15) is 10.4 Å². The highest BCUT2D eigenvalue weighted by Crippen LogP contribution is 2.26. The largest absolute Gasteiger partial charge is 0.495 e. The molecular weight excluding hydrogens is 327 g/mol. The summed E-state index contributed by atoms with van der Waals surface area (Å²) < 4.78 is 19.3. The monoisotopic (exact) mass is 338 g/mol. The molecule has 0 radical (unpaired) electrons. The Kier molecular flexibility index (Phi) is 4.24. The van der Waals surface area contributed by atoms with E-state index >= 15 is 0 Å². The molecule has 2 aromatic rings. The van der Waals surface area contributed by atoms with Crippen LogP contribution in [-0.4, -0.2) is 13.0 Å². The number of carbonyl (C=O) groups excluding carboxylic acids is 1. The Morgan fingerprint density at radius 1 is 1.35 bits per heavy atom. The van der Waals surface area contributed by atoms with E-state index in [9.17, 15) is 9.18 Å². The van der Waals surface area contributed by atoms with Crippen molar-refractivity contribution in [2.45, 2.75) is 0 Å². The first-order valence-electron chi connectivity index (χ1n) is 5.72. The number of hydrogen-bond donors (Lipinski definition) is 2. The first kappa shape index (κ1) is 14.3. The third-order valence-corrected chi connectivity index (χ3v) is 3.20. The normalized spacial score (nSPS) is 10.2. The van der Waals surface area contributed by atoms with Gasteiger partial charge in [0, 0.05) is 4.47 Å². The maximum absolute atomic E-state index is 13.7. The predicted molar refractivity (Wildman–Crippen MR) is 79.5 cm³/mol. The molecule has 0 aromatic heterocycles. The van der Waals surface area contributed by atoms with E-state index in [-0.39, 0.29) is 16.9 Å². The van der Waals surface area contributed by atoms with Gasteiger partial charge in [-0.05, 0) is 30.3 Å². The molecule has 0 fully saturated rings. The van der Waals surface area contributed by atoms with E-state index in [2.05, 4.69) is 21.2 Å². The standard InChI is InChI=1S/C14H12BrFN2O2/c1-20-12-4-2-3-9(13(12)17)14(19)18-11-6-5-8(15)7-10(11)16/h2-7H,17H2,1H3,(H,18,19). The molecule has 0 aliphatic heterocycles. The summed E-state index contributed by atoms with van der Waals surface area (Å²) in [5.41, 5.74) is 6.35. The molecule has 0 bridgehead atoms. The summed E-state index contributed by atoms with van der Waals surface area (Å²) in [5, 5.41) is 2.48. The number of rotatable bonds is 3.